The van der Waals surface area contributed by atoms with E-state index in [4.69, 9.17) is 41.7 Å². The van der Waals surface area contributed by atoms with Gasteiger partial charge in [0.1, 0.15) is 5.75 Å². The predicted molar refractivity (Wildman–Crippen MR) is 101 cm³/mol. The molecule has 0 spiro atoms. The van der Waals surface area contributed by atoms with Crippen molar-refractivity contribution in [1.82, 2.24) is 0 Å². The van der Waals surface area contributed by atoms with E-state index in [0.29, 0.717) is 48.3 Å². The molecule has 7 nitrogen and oxygen atoms in total. The molecule has 0 aliphatic carbocycles. The van der Waals surface area contributed by atoms with Crippen LogP contribution in [0.5, 0.6) is 5.75 Å². The van der Waals surface area contributed by atoms with Crippen molar-refractivity contribution in [3.8, 4) is 5.75 Å². The molecule has 1 aromatic carbocycles. The number of aliphatic carboxylic acids is 1. The molecule has 1 fully saturated rings. The lowest BCUT2D eigenvalue weighted by Crippen LogP contribution is -2.44. The van der Waals surface area contributed by atoms with E-state index in [0.717, 1.165) is 11.8 Å². The maximum absolute atomic E-state index is 10.4. The molecule has 2 rings (SSSR count). The first kappa shape index (κ1) is 20.5. The summed E-state index contributed by atoms with van der Waals surface area (Å²) in [5.41, 5.74) is 0.376. The Kier molecular flexibility index (Phi) is 7.31. The molecule has 0 bridgehead atoms. The van der Waals surface area contributed by atoms with Crippen molar-refractivity contribution < 1.29 is 24.1 Å². The number of hydrogen-bond acceptors (Lipinski definition) is 7. The van der Waals surface area contributed by atoms with Gasteiger partial charge < -0.3 is 19.3 Å². The molecular weight excluding hydrogens is 380 g/mol. The molecule has 0 radical (unpaired) electrons. The van der Waals surface area contributed by atoms with Gasteiger partial charge in [0.15, 0.2) is 0 Å². The van der Waals surface area contributed by atoms with E-state index in [1.807, 2.05) is 0 Å². The van der Waals surface area contributed by atoms with Crippen molar-refractivity contribution in [2.24, 2.45) is 5.41 Å². The fourth-order valence-corrected chi connectivity index (χ4v) is 3.00. The zero-order valence-corrected chi connectivity index (χ0v) is 15.9. The summed E-state index contributed by atoms with van der Waals surface area (Å²) in [5.74, 6) is -0.0883. The van der Waals surface area contributed by atoms with Crippen LogP contribution in [0.2, 0.25) is 5.02 Å². The summed E-state index contributed by atoms with van der Waals surface area (Å²) in [6.45, 7) is 3.94. The monoisotopic (exact) mass is 400 g/mol. The highest BCUT2D eigenvalue weighted by molar-refractivity contribution is 8.13. The number of carboxylic acids is 1. The lowest BCUT2D eigenvalue weighted by Gasteiger charge is -2.37. The summed E-state index contributed by atoms with van der Waals surface area (Å²) < 4.78 is 16.1. The Morgan fingerprint density at radius 3 is 2.73 bits per heavy atom. The molecule has 0 aromatic heterocycles. The average molecular weight is 401 g/mol. The van der Waals surface area contributed by atoms with Gasteiger partial charge in [0, 0.05) is 17.6 Å². The summed E-state index contributed by atoms with van der Waals surface area (Å²) >= 11 is 7.25. The molecule has 1 aliphatic rings. The number of carbonyl (C=O) groups is 1. The molecule has 9 heteroatoms. The second kappa shape index (κ2) is 9.25. The number of hydrogen-bond donors (Lipinski definition) is 3. The molecule has 0 saturated carbocycles. The fraction of sp³-hybridized carbons (Fsp3) is 0.471. The van der Waals surface area contributed by atoms with Gasteiger partial charge in [-0.2, -0.15) is 0 Å². The van der Waals surface area contributed by atoms with Gasteiger partial charge in [-0.3, -0.25) is 15.6 Å². The van der Waals surface area contributed by atoms with Gasteiger partial charge in [-0.05, 0) is 24.6 Å². The van der Waals surface area contributed by atoms with Crippen LogP contribution in [0.15, 0.2) is 18.2 Å². The molecule has 26 heavy (non-hydrogen) atoms. The topological polar surface area (TPSA) is 113 Å². The lowest BCUT2D eigenvalue weighted by molar-refractivity contribution is -0.137. The molecule has 3 N–H and O–H groups in total. The SMILES string of the molecule is CC1(COc2ccc(C(=N)OC(=N)SCCCC(=O)O)c(Cl)c2)COC1. The second-order valence-electron chi connectivity index (χ2n) is 6.30. The van der Waals surface area contributed by atoms with Crippen LogP contribution in [0.25, 0.3) is 0 Å². The van der Waals surface area contributed by atoms with E-state index in [9.17, 15) is 4.79 Å². The highest BCUT2D eigenvalue weighted by Gasteiger charge is 2.34. The minimum atomic E-state index is -0.876. The van der Waals surface area contributed by atoms with Crippen molar-refractivity contribution in [3.05, 3.63) is 28.8 Å². The fourth-order valence-electron chi connectivity index (χ4n) is 2.13. The smallest absolute Gasteiger partial charge is 0.303 e. The van der Waals surface area contributed by atoms with Gasteiger partial charge in [-0.1, -0.05) is 30.3 Å². The zero-order chi connectivity index (χ0) is 19.2. The van der Waals surface area contributed by atoms with Gasteiger partial charge in [0.2, 0.25) is 11.1 Å². The Balaban J connectivity index is 1.82. The second-order valence-corrected chi connectivity index (χ2v) is 7.77. The highest BCUT2D eigenvalue weighted by Crippen LogP contribution is 2.29. The third-order valence-electron chi connectivity index (χ3n) is 3.64. The van der Waals surface area contributed by atoms with Crippen molar-refractivity contribution in [1.29, 1.82) is 10.8 Å². The Labute approximate surface area is 161 Å². The van der Waals surface area contributed by atoms with Crippen molar-refractivity contribution in [3.63, 3.8) is 0 Å². The van der Waals surface area contributed by atoms with Crippen LogP contribution in [0.3, 0.4) is 0 Å². The van der Waals surface area contributed by atoms with Gasteiger partial charge in [0.05, 0.1) is 30.4 Å². The molecule has 1 aromatic rings. The molecule has 142 valence electrons. The molecular formula is C17H21ClN2O5S. The summed E-state index contributed by atoms with van der Waals surface area (Å²) in [6, 6.07) is 4.93. The number of thioether (sulfide) groups is 1. The van der Waals surface area contributed by atoms with Crippen LogP contribution in [0.1, 0.15) is 25.3 Å². The lowest BCUT2D eigenvalue weighted by atomic mass is 9.90. The number of ether oxygens (including phenoxy) is 3. The van der Waals surface area contributed by atoms with E-state index in [-0.39, 0.29) is 23.0 Å². The van der Waals surface area contributed by atoms with E-state index in [2.05, 4.69) is 6.92 Å². The quantitative estimate of drug-likeness (QED) is 0.349. The van der Waals surface area contributed by atoms with Gasteiger partial charge >= 0.3 is 5.97 Å². The Morgan fingerprint density at radius 1 is 1.42 bits per heavy atom. The van der Waals surface area contributed by atoms with E-state index >= 15 is 0 Å². The molecule has 1 aliphatic heterocycles. The van der Waals surface area contributed by atoms with Gasteiger partial charge in [0.25, 0.3) is 0 Å². The van der Waals surface area contributed by atoms with Crippen LogP contribution < -0.4 is 4.74 Å². The molecule has 1 heterocycles. The average Bonchev–Trinajstić information content (AvgIpc) is 2.55. The Bertz CT molecular complexity index is 694. The zero-order valence-electron chi connectivity index (χ0n) is 14.3. The van der Waals surface area contributed by atoms with Crippen LogP contribution in [-0.4, -0.2) is 47.8 Å². The first-order valence-corrected chi connectivity index (χ1v) is 9.35. The van der Waals surface area contributed by atoms with E-state index < -0.39 is 5.97 Å². The molecule has 0 unspecified atom stereocenters. The number of benzene rings is 1. The summed E-state index contributed by atoms with van der Waals surface area (Å²) in [5, 5.41) is 24.3. The van der Waals surface area contributed by atoms with Gasteiger partial charge in [-0.15, -0.1) is 0 Å². The molecule has 0 atom stereocenters. The predicted octanol–water partition coefficient (Wildman–Crippen LogP) is 3.63. The summed E-state index contributed by atoms with van der Waals surface area (Å²) in [6.07, 6.45) is 0.464. The minimum Gasteiger partial charge on any atom is -0.493 e. The van der Waals surface area contributed by atoms with Gasteiger partial charge in [-0.25, -0.2) is 0 Å². The Morgan fingerprint density at radius 2 is 2.15 bits per heavy atom. The highest BCUT2D eigenvalue weighted by atomic mass is 35.5. The summed E-state index contributed by atoms with van der Waals surface area (Å²) in [7, 11) is 0. The van der Waals surface area contributed by atoms with Crippen LogP contribution in [-0.2, 0) is 14.3 Å². The maximum atomic E-state index is 10.4. The van der Waals surface area contributed by atoms with Crippen LogP contribution >= 0.6 is 23.4 Å². The standard InChI is InChI=1S/C17H21ClN2O5S/c1-17(8-23-9-17)10-24-11-4-5-12(13(18)7-11)15(19)25-16(20)26-6-2-3-14(21)22/h4-5,7,19-20H,2-3,6,8-10H2,1H3,(H,21,22). The summed E-state index contributed by atoms with van der Waals surface area (Å²) in [4.78, 5) is 10.4. The van der Waals surface area contributed by atoms with E-state index in [1.165, 1.54) is 0 Å². The van der Waals surface area contributed by atoms with E-state index in [1.54, 1.807) is 18.2 Å². The first-order valence-electron chi connectivity index (χ1n) is 7.99. The third kappa shape index (κ3) is 6.19. The molecule has 1 saturated heterocycles. The molecule has 0 amide bonds. The third-order valence-corrected chi connectivity index (χ3v) is 4.79. The van der Waals surface area contributed by atoms with Crippen LogP contribution in [0.4, 0.5) is 0 Å². The van der Waals surface area contributed by atoms with Crippen LogP contribution in [0, 0.1) is 16.2 Å². The number of halogens is 1. The number of carboxylic acid groups (broad SMARTS) is 1. The largest absolute Gasteiger partial charge is 0.493 e. The minimum absolute atomic E-state index is 0.0217. The van der Waals surface area contributed by atoms with Crippen molar-refractivity contribution in [2.45, 2.75) is 19.8 Å². The maximum Gasteiger partial charge on any atom is 0.303 e. The number of nitrogens with one attached hydrogen (secondary N) is 2. The first-order chi connectivity index (χ1) is 12.3. The normalized spacial score (nSPS) is 15.0. The van der Waals surface area contributed by atoms with Crippen molar-refractivity contribution in [2.75, 3.05) is 25.6 Å². The van der Waals surface area contributed by atoms with Crippen molar-refractivity contribution >= 4 is 40.5 Å². The Hall–Kier alpha value is -1.77. The number of rotatable bonds is 8.